The maximum atomic E-state index is 12.2. The molecule has 5 nitrogen and oxygen atoms in total. The van der Waals surface area contributed by atoms with Gasteiger partial charge in [0.15, 0.2) is 0 Å². The van der Waals surface area contributed by atoms with Crippen LogP contribution in [0.1, 0.15) is 30.1 Å². The Bertz CT molecular complexity index is 533. The number of primary amides is 1. The molecule has 1 fully saturated rings. The molecule has 1 aliphatic rings. The molecule has 1 aromatic rings. The van der Waals surface area contributed by atoms with Crippen LogP contribution in [0.3, 0.4) is 0 Å². The molecule has 1 saturated heterocycles. The standard InChI is InChI=1S/C14H18ClN3O2/c1-8-6-9(4-5-17-8)14(20)18-10-2-3-12(15)11(7-10)13(16)19/h2-3,7-9,17H,4-6H2,1H3,(H2,16,19)(H,18,20). The van der Waals surface area contributed by atoms with Crippen LogP contribution in [0.5, 0.6) is 0 Å². The van der Waals surface area contributed by atoms with Gasteiger partial charge >= 0.3 is 0 Å². The highest BCUT2D eigenvalue weighted by Crippen LogP contribution is 2.22. The molecule has 108 valence electrons. The smallest absolute Gasteiger partial charge is 0.250 e. The van der Waals surface area contributed by atoms with Gasteiger partial charge in [0.2, 0.25) is 11.8 Å². The van der Waals surface area contributed by atoms with Gasteiger partial charge in [-0.1, -0.05) is 11.6 Å². The highest BCUT2D eigenvalue weighted by Gasteiger charge is 2.24. The van der Waals surface area contributed by atoms with Crippen molar-refractivity contribution in [3.63, 3.8) is 0 Å². The Morgan fingerprint density at radius 3 is 2.85 bits per heavy atom. The van der Waals surface area contributed by atoms with Crippen molar-refractivity contribution in [2.24, 2.45) is 11.7 Å². The SMILES string of the molecule is CC1CC(C(=O)Nc2ccc(Cl)c(C(N)=O)c2)CCN1. The molecule has 2 unspecified atom stereocenters. The topological polar surface area (TPSA) is 84.2 Å². The average molecular weight is 296 g/mol. The Kier molecular flexibility index (Phi) is 4.62. The first-order valence-electron chi connectivity index (χ1n) is 6.61. The van der Waals surface area contributed by atoms with Crippen molar-refractivity contribution in [3.05, 3.63) is 28.8 Å². The van der Waals surface area contributed by atoms with Crippen LogP contribution >= 0.6 is 11.6 Å². The number of nitrogens with one attached hydrogen (secondary N) is 2. The van der Waals surface area contributed by atoms with Crippen molar-refractivity contribution in [2.45, 2.75) is 25.8 Å². The third kappa shape index (κ3) is 3.49. The number of anilines is 1. The Hall–Kier alpha value is -1.59. The van der Waals surface area contributed by atoms with Crippen LogP contribution < -0.4 is 16.4 Å². The lowest BCUT2D eigenvalue weighted by atomic mass is 9.92. The fourth-order valence-electron chi connectivity index (χ4n) is 2.41. The molecule has 2 atom stereocenters. The summed E-state index contributed by atoms with van der Waals surface area (Å²) in [6.07, 6.45) is 1.62. The van der Waals surface area contributed by atoms with Gasteiger partial charge in [-0.15, -0.1) is 0 Å². The summed E-state index contributed by atoms with van der Waals surface area (Å²) < 4.78 is 0. The lowest BCUT2D eigenvalue weighted by molar-refractivity contribution is -0.120. The molecule has 0 bridgehead atoms. The van der Waals surface area contributed by atoms with E-state index in [1.54, 1.807) is 12.1 Å². The van der Waals surface area contributed by atoms with E-state index >= 15 is 0 Å². The summed E-state index contributed by atoms with van der Waals surface area (Å²) in [7, 11) is 0. The summed E-state index contributed by atoms with van der Waals surface area (Å²) in [5.74, 6) is -0.656. The summed E-state index contributed by atoms with van der Waals surface area (Å²) in [6, 6.07) is 5.07. The Morgan fingerprint density at radius 2 is 2.20 bits per heavy atom. The maximum absolute atomic E-state index is 12.2. The molecule has 1 aromatic carbocycles. The minimum absolute atomic E-state index is 0.0149. The van der Waals surface area contributed by atoms with Crippen molar-refractivity contribution in [3.8, 4) is 0 Å². The van der Waals surface area contributed by atoms with Crippen molar-refractivity contribution < 1.29 is 9.59 Å². The lowest BCUT2D eigenvalue weighted by Crippen LogP contribution is -2.40. The van der Waals surface area contributed by atoms with Gasteiger partial charge in [0.25, 0.3) is 0 Å². The highest BCUT2D eigenvalue weighted by atomic mass is 35.5. The molecular formula is C14H18ClN3O2. The second kappa shape index (κ2) is 6.24. The highest BCUT2D eigenvalue weighted by molar-refractivity contribution is 6.34. The Balaban J connectivity index is 2.07. The quantitative estimate of drug-likeness (QED) is 0.794. The van der Waals surface area contributed by atoms with Crippen LogP contribution in [-0.4, -0.2) is 24.4 Å². The van der Waals surface area contributed by atoms with Crippen LogP contribution in [0.15, 0.2) is 18.2 Å². The number of halogens is 1. The van der Waals surface area contributed by atoms with Crippen molar-refractivity contribution in [1.82, 2.24) is 5.32 Å². The number of hydrogen-bond donors (Lipinski definition) is 3. The zero-order valence-electron chi connectivity index (χ0n) is 11.3. The number of amides is 2. The molecule has 4 N–H and O–H groups in total. The second-order valence-corrected chi connectivity index (χ2v) is 5.53. The van der Waals surface area contributed by atoms with E-state index in [1.807, 2.05) is 0 Å². The first-order valence-corrected chi connectivity index (χ1v) is 6.98. The van der Waals surface area contributed by atoms with E-state index in [2.05, 4.69) is 17.6 Å². The number of rotatable bonds is 3. The number of piperidine rings is 1. The summed E-state index contributed by atoms with van der Waals surface area (Å²) in [6.45, 7) is 2.90. The van der Waals surface area contributed by atoms with Crippen molar-refractivity contribution in [1.29, 1.82) is 0 Å². The van der Waals surface area contributed by atoms with Crippen LogP contribution in [0.4, 0.5) is 5.69 Å². The number of nitrogens with two attached hydrogens (primary N) is 1. The van der Waals surface area contributed by atoms with Gasteiger partial charge in [-0.3, -0.25) is 9.59 Å². The molecule has 1 heterocycles. The summed E-state index contributed by atoms with van der Waals surface area (Å²) in [4.78, 5) is 23.4. The molecular weight excluding hydrogens is 278 g/mol. The van der Waals surface area contributed by atoms with E-state index in [0.29, 0.717) is 11.7 Å². The zero-order chi connectivity index (χ0) is 14.7. The second-order valence-electron chi connectivity index (χ2n) is 5.12. The largest absolute Gasteiger partial charge is 0.366 e. The van der Waals surface area contributed by atoms with Gasteiger partial charge in [0, 0.05) is 17.6 Å². The van der Waals surface area contributed by atoms with Crippen molar-refractivity contribution in [2.75, 3.05) is 11.9 Å². The van der Waals surface area contributed by atoms with E-state index in [9.17, 15) is 9.59 Å². The molecule has 0 aliphatic carbocycles. The Labute approximate surface area is 122 Å². The lowest BCUT2D eigenvalue weighted by Gasteiger charge is -2.27. The summed E-state index contributed by atoms with van der Waals surface area (Å²) in [5.41, 5.74) is 5.98. The van der Waals surface area contributed by atoms with Gasteiger partial charge in [0.05, 0.1) is 10.6 Å². The number of benzene rings is 1. The van der Waals surface area contributed by atoms with Gasteiger partial charge in [0.1, 0.15) is 0 Å². The molecule has 0 radical (unpaired) electrons. The van der Waals surface area contributed by atoms with Crippen LogP contribution in [0.25, 0.3) is 0 Å². The van der Waals surface area contributed by atoms with E-state index in [0.717, 1.165) is 19.4 Å². The summed E-state index contributed by atoms with van der Waals surface area (Å²) >= 11 is 5.87. The van der Waals surface area contributed by atoms with Gasteiger partial charge in [-0.25, -0.2) is 0 Å². The third-order valence-electron chi connectivity index (χ3n) is 3.49. The predicted octanol–water partition coefficient (Wildman–Crippen LogP) is 1.77. The molecule has 0 aromatic heterocycles. The normalized spacial score (nSPS) is 22.3. The van der Waals surface area contributed by atoms with Crippen LogP contribution in [0.2, 0.25) is 5.02 Å². The number of carbonyl (C=O) groups excluding carboxylic acids is 2. The molecule has 20 heavy (non-hydrogen) atoms. The number of carbonyl (C=O) groups is 2. The monoisotopic (exact) mass is 295 g/mol. The van der Waals surface area contributed by atoms with E-state index in [-0.39, 0.29) is 22.4 Å². The summed E-state index contributed by atoms with van der Waals surface area (Å²) in [5, 5.41) is 6.41. The van der Waals surface area contributed by atoms with Crippen LogP contribution in [0, 0.1) is 5.92 Å². The van der Waals surface area contributed by atoms with E-state index in [1.165, 1.54) is 6.07 Å². The van der Waals surface area contributed by atoms with Gasteiger partial charge in [-0.05, 0) is 44.5 Å². The minimum Gasteiger partial charge on any atom is -0.366 e. The molecule has 6 heteroatoms. The molecule has 2 amide bonds. The third-order valence-corrected chi connectivity index (χ3v) is 3.82. The maximum Gasteiger partial charge on any atom is 0.250 e. The molecule has 0 spiro atoms. The van der Waals surface area contributed by atoms with Gasteiger partial charge in [-0.2, -0.15) is 0 Å². The van der Waals surface area contributed by atoms with E-state index < -0.39 is 5.91 Å². The minimum atomic E-state index is -0.610. The number of hydrogen-bond acceptors (Lipinski definition) is 3. The van der Waals surface area contributed by atoms with E-state index in [4.69, 9.17) is 17.3 Å². The average Bonchev–Trinajstić information content (AvgIpc) is 2.40. The van der Waals surface area contributed by atoms with Crippen molar-refractivity contribution >= 4 is 29.1 Å². The van der Waals surface area contributed by atoms with Gasteiger partial charge < -0.3 is 16.4 Å². The fraction of sp³-hybridized carbons (Fsp3) is 0.429. The van der Waals surface area contributed by atoms with Crippen LogP contribution in [-0.2, 0) is 4.79 Å². The predicted molar refractivity (Wildman–Crippen MR) is 78.8 cm³/mol. The fourth-order valence-corrected chi connectivity index (χ4v) is 2.62. The first kappa shape index (κ1) is 14.8. The molecule has 2 rings (SSSR count). The molecule has 0 saturated carbocycles. The first-order chi connectivity index (χ1) is 9.47. The Morgan fingerprint density at radius 1 is 1.45 bits per heavy atom. The molecule has 1 aliphatic heterocycles. The zero-order valence-corrected chi connectivity index (χ0v) is 12.0.